The van der Waals surface area contributed by atoms with Crippen molar-refractivity contribution in [2.45, 2.75) is 57.0 Å². The summed E-state index contributed by atoms with van der Waals surface area (Å²) < 4.78 is 5.77. The quantitative estimate of drug-likeness (QED) is 0.813. The van der Waals surface area contributed by atoms with Gasteiger partial charge in [-0.3, -0.25) is 9.69 Å². The minimum absolute atomic E-state index is 0.0987. The van der Waals surface area contributed by atoms with Crippen LogP contribution in [-0.2, 0) is 4.79 Å². The van der Waals surface area contributed by atoms with Gasteiger partial charge < -0.3 is 10.1 Å². The van der Waals surface area contributed by atoms with E-state index >= 15 is 0 Å². The van der Waals surface area contributed by atoms with Gasteiger partial charge in [0.2, 0.25) is 5.91 Å². The van der Waals surface area contributed by atoms with E-state index in [-0.39, 0.29) is 17.5 Å². The lowest BCUT2D eigenvalue weighted by Crippen LogP contribution is -2.62. The highest BCUT2D eigenvalue weighted by Gasteiger charge is 2.51. The molecular weight excluding hydrogens is 324 g/mol. The smallest absolute Gasteiger partial charge is 0.237 e. The zero-order valence-corrected chi connectivity index (χ0v) is 16.1. The number of carbonyl (C=O) groups is 1. The van der Waals surface area contributed by atoms with Crippen LogP contribution in [0.3, 0.4) is 0 Å². The SMILES string of the molecule is C[C@@H](C(=O)NC12CC3CC(CC(C3)C1)C2)N(C)CCOc1ccccc1. The van der Waals surface area contributed by atoms with E-state index in [4.69, 9.17) is 4.74 Å². The number of likely N-dealkylation sites (N-methyl/N-ethyl adjacent to an activating group) is 1. The van der Waals surface area contributed by atoms with E-state index < -0.39 is 0 Å². The van der Waals surface area contributed by atoms with Crippen molar-refractivity contribution in [1.82, 2.24) is 10.2 Å². The standard InChI is InChI=1S/C22H32N2O2/c1-16(24(2)8-9-26-20-6-4-3-5-7-20)21(25)23-22-13-17-10-18(14-22)12-19(11-17)15-22/h3-7,16-19H,8-15H2,1-2H3,(H,23,25)/t16-,17?,18?,19?,22?/m0/s1. The average molecular weight is 357 g/mol. The second-order valence-electron chi connectivity index (χ2n) is 9.01. The molecule has 4 aliphatic carbocycles. The minimum atomic E-state index is -0.123. The normalized spacial score (nSPS) is 33.3. The molecule has 4 saturated carbocycles. The lowest BCUT2D eigenvalue weighted by molar-refractivity contribution is -0.131. The molecule has 1 aromatic rings. The summed E-state index contributed by atoms with van der Waals surface area (Å²) >= 11 is 0. The van der Waals surface area contributed by atoms with Crippen molar-refractivity contribution in [2.75, 3.05) is 20.2 Å². The lowest BCUT2D eigenvalue weighted by atomic mass is 9.53. The van der Waals surface area contributed by atoms with Crippen molar-refractivity contribution in [3.05, 3.63) is 30.3 Å². The molecule has 0 heterocycles. The fraction of sp³-hybridized carbons (Fsp3) is 0.682. The maximum atomic E-state index is 12.9. The third kappa shape index (κ3) is 3.75. The summed E-state index contributed by atoms with van der Waals surface area (Å²) in [6.45, 7) is 3.35. The van der Waals surface area contributed by atoms with Crippen LogP contribution in [0.4, 0.5) is 0 Å². The third-order valence-corrected chi connectivity index (χ3v) is 6.92. The average Bonchev–Trinajstić information content (AvgIpc) is 2.60. The monoisotopic (exact) mass is 356 g/mol. The first-order chi connectivity index (χ1) is 12.5. The predicted octanol–water partition coefficient (Wildman–Crippen LogP) is 3.47. The van der Waals surface area contributed by atoms with Crippen LogP contribution < -0.4 is 10.1 Å². The molecule has 4 fully saturated rings. The van der Waals surface area contributed by atoms with Crippen molar-refractivity contribution in [3.63, 3.8) is 0 Å². The highest BCUT2D eigenvalue weighted by molar-refractivity contribution is 5.82. The number of carbonyl (C=O) groups excluding carboxylic acids is 1. The van der Waals surface area contributed by atoms with Crippen LogP contribution >= 0.6 is 0 Å². The Labute approximate surface area is 157 Å². The molecule has 142 valence electrons. The molecule has 0 aliphatic heterocycles. The molecule has 0 unspecified atom stereocenters. The summed E-state index contributed by atoms with van der Waals surface area (Å²) in [7, 11) is 2.01. The van der Waals surface area contributed by atoms with Crippen molar-refractivity contribution < 1.29 is 9.53 Å². The Kier molecular flexibility index (Phi) is 4.96. The summed E-state index contributed by atoms with van der Waals surface area (Å²) in [6.07, 6.45) is 7.83. The summed E-state index contributed by atoms with van der Waals surface area (Å²) in [5, 5.41) is 3.49. The molecule has 0 aromatic heterocycles. The molecule has 1 amide bonds. The van der Waals surface area contributed by atoms with Gasteiger partial charge in [0.25, 0.3) is 0 Å². The van der Waals surface area contributed by atoms with Crippen molar-refractivity contribution in [2.24, 2.45) is 17.8 Å². The van der Waals surface area contributed by atoms with E-state index in [1.54, 1.807) is 0 Å². The largest absolute Gasteiger partial charge is 0.492 e. The molecule has 4 heteroatoms. The van der Waals surface area contributed by atoms with Gasteiger partial charge in [-0.25, -0.2) is 0 Å². The Morgan fingerprint density at radius 2 is 1.73 bits per heavy atom. The molecule has 1 aromatic carbocycles. The maximum absolute atomic E-state index is 12.9. The van der Waals surface area contributed by atoms with Gasteiger partial charge >= 0.3 is 0 Å². The van der Waals surface area contributed by atoms with Gasteiger partial charge in [-0.05, 0) is 82.4 Å². The summed E-state index contributed by atoms with van der Waals surface area (Å²) in [5.74, 6) is 3.64. The van der Waals surface area contributed by atoms with Crippen LogP contribution in [0.5, 0.6) is 5.75 Å². The van der Waals surface area contributed by atoms with Crippen LogP contribution in [0.15, 0.2) is 30.3 Å². The molecule has 1 N–H and O–H groups in total. The molecule has 4 nitrogen and oxygen atoms in total. The number of benzene rings is 1. The Balaban J connectivity index is 1.27. The van der Waals surface area contributed by atoms with Gasteiger partial charge in [-0.2, -0.15) is 0 Å². The molecule has 0 saturated heterocycles. The molecule has 0 radical (unpaired) electrons. The van der Waals surface area contributed by atoms with Crippen molar-refractivity contribution >= 4 is 5.91 Å². The number of rotatable bonds is 7. The Hall–Kier alpha value is -1.55. The van der Waals surface area contributed by atoms with Gasteiger partial charge in [-0.1, -0.05) is 18.2 Å². The van der Waals surface area contributed by atoms with Gasteiger partial charge in [-0.15, -0.1) is 0 Å². The van der Waals surface area contributed by atoms with Gasteiger partial charge in [0, 0.05) is 12.1 Å². The Morgan fingerprint density at radius 3 is 2.31 bits per heavy atom. The highest BCUT2D eigenvalue weighted by Crippen LogP contribution is 2.55. The second kappa shape index (κ2) is 7.22. The summed E-state index contributed by atoms with van der Waals surface area (Å²) in [5.41, 5.74) is 0.0987. The van der Waals surface area contributed by atoms with Crippen LogP contribution in [0.2, 0.25) is 0 Å². The lowest BCUT2D eigenvalue weighted by Gasteiger charge is -2.57. The molecule has 1 atom stereocenters. The van der Waals surface area contributed by atoms with Crippen LogP contribution in [-0.4, -0.2) is 42.6 Å². The van der Waals surface area contributed by atoms with Gasteiger partial charge in [0.15, 0.2) is 0 Å². The van der Waals surface area contributed by atoms with Crippen LogP contribution in [0.25, 0.3) is 0 Å². The van der Waals surface area contributed by atoms with E-state index in [1.807, 2.05) is 44.3 Å². The number of para-hydroxylation sites is 1. The fourth-order valence-corrected chi connectivity index (χ4v) is 5.85. The van der Waals surface area contributed by atoms with E-state index in [9.17, 15) is 4.79 Å². The van der Waals surface area contributed by atoms with E-state index in [0.717, 1.165) is 30.0 Å². The third-order valence-electron chi connectivity index (χ3n) is 6.92. The predicted molar refractivity (Wildman–Crippen MR) is 103 cm³/mol. The van der Waals surface area contributed by atoms with E-state index in [2.05, 4.69) is 10.2 Å². The molecule has 4 aliphatic rings. The minimum Gasteiger partial charge on any atom is -0.492 e. The van der Waals surface area contributed by atoms with E-state index in [0.29, 0.717) is 6.61 Å². The number of nitrogens with zero attached hydrogens (tertiary/aromatic N) is 1. The molecule has 0 spiro atoms. The molecule has 5 rings (SSSR count). The number of nitrogens with one attached hydrogen (secondary N) is 1. The summed E-state index contributed by atoms with van der Waals surface area (Å²) in [6, 6.07) is 9.73. The number of amides is 1. The topological polar surface area (TPSA) is 41.6 Å². The zero-order valence-electron chi connectivity index (χ0n) is 16.1. The number of hydrogen-bond acceptors (Lipinski definition) is 3. The Morgan fingerprint density at radius 1 is 1.15 bits per heavy atom. The van der Waals surface area contributed by atoms with Crippen LogP contribution in [0.1, 0.15) is 45.4 Å². The zero-order chi connectivity index (χ0) is 18.1. The van der Waals surface area contributed by atoms with Crippen molar-refractivity contribution in [1.29, 1.82) is 0 Å². The molecular formula is C22H32N2O2. The molecule has 4 bridgehead atoms. The van der Waals surface area contributed by atoms with Crippen molar-refractivity contribution in [3.8, 4) is 5.75 Å². The number of ether oxygens (including phenoxy) is 1. The highest BCUT2D eigenvalue weighted by atomic mass is 16.5. The van der Waals surface area contributed by atoms with Gasteiger partial charge in [0.1, 0.15) is 12.4 Å². The second-order valence-corrected chi connectivity index (χ2v) is 9.01. The number of hydrogen-bond donors (Lipinski definition) is 1. The van der Waals surface area contributed by atoms with Gasteiger partial charge in [0.05, 0.1) is 6.04 Å². The first-order valence-corrected chi connectivity index (χ1v) is 10.2. The van der Waals surface area contributed by atoms with Crippen LogP contribution in [0, 0.1) is 17.8 Å². The van der Waals surface area contributed by atoms with E-state index in [1.165, 1.54) is 38.5 Å². The first-order valence-electron chi connectivity index (χ1n) is 10.2. The fourth-order valence-electron chi connectivity index (χ4n) is 5.85. The molecule has 26 heavy (non-hydrogen) atoms. The summed E-state index contributed by atoms with van der Waals surface area (Å²) in [4.78, 5) is 15.0. The Bertz CT molecular complexity index is 595. The first kappa shape index (κ1) is 17.8. The maximum Gasteiger partial charge on any atom is 0.237 e.